The van der Waals surface area contributed by atoms with Gasteiger partial charge in [0.05, 0.1) is 18.1 Å². The Morgan fingerprint density at radius 2 is 1.69 bits per heavy atom. The summed E-state index contributed by atoms with van der Waals surface area (Å²) in [4.78, 5) is 38.7. The van der Waals surface area contributed by atoms with Crippen LogP contribution in [-0.2, 0) is 21.2 Å². The first-order chi connectivity index (χ1) is 16.8. The van der Waals surface area contributed by atoms with Crippen molar-refractivity contribution in [2.75, 3.05) is 29.5 Å². The summed E-state index contributed by atoms with van der Waals surface area (Å²) in [6.07, 6.45) is -5.22. The van der Waals surface area contributed by atoms with Crippen LogP contribution < -0.4 is 15.8 Å². The molecule has 0 unspecified atom stereocenters. The molecule has 0 spiro atoms. The van der Waals surface area contributed by atoms with E-state index in [9.17, 15) is 40.4 Å². The highest BCUT2D eigenvalue weighted by Crippen LogP contribution is 2.23. The zero-order valence-electron chi connectivity index (χ0n) is 18.9. The molecule has 0 aromatic heterocycles. The number of sulfone groups is 1. The average Bonchev–Trinajstić information content (AvgIpc) is 2.80. The van der Waals surface area contributed by atoms with Gasteiger partial charge in [-0.25, -0.2) is 17.6 Å². The molecule has 14 heteroatoms. The van der Waals surface area contributed by atoms with Crippen LogP contribution in [0.1, 0.15) is 21.5 Å². The van der Waals surface area contributed by atoms with E-state index in [1.807, 2.05) is 0 Å². The molecule has 1 aliphatic rings. The lowest BCUT2D eigenvalue weighted by Gasteiger charge is -2.33. The molecular weight excluding hydrogens is 508 g/mol. The minimum absolute atomic E-state index is 0.00892. The summed E-state index contributed by atoms with van der Waals surface area (Å²) in [6, 6.07) is 9.36. The van der Waals surface area contributed by atoms with Crippen molar-refractivity contribution in [2.45, 2.75) is 19.6 Å². The van der Waals surface area contributed by atoms with Gasteiger partial charge in [0.2, 0.25) is 0 Å². The lowest BCUT2D eigenvalue weighted by molar-refractivity contribution is -0.174. The van der Waals surface area contributed by atoms with Crippen LogP contribution in [0.3, 0.4) is 0 Å². The predicted octanol–water partition coefficient (Wildman–Crippen LogP) is 2.31. The third kappa shape index (κ3) is 6.71. The zero-order valence-corrected chi connectivity index (χ0v) is 19.7. The lowest BCUT2D eigenvalue weighted by atomic mass is 10.1. The molecule has 0 aliphatic carbocycles. The van der Waals surface area contributed by atoms with Crippen LogP contribution in [0.5, 0.6) is 0 Å². The number of urea groups is 1. The van der Waals surface area contributed by atoms with Gasteiger partial charge in [-0.2, -0.15) is 13.2 Å². The number of anilines is 1. The highest BCUT2D eigenvalue weighted by Gasteiger charge is 2.39. The van der Waals surface area contributed by atoms with Gasteiger partial charge in [-0.3, -0.25) is 25.3 Å². The van der Waals surface area contributed by atoms with Crippen molar-refractivity contribution in [1.29, 1.82) is 0 Å². The summed E-state index contributed by atoms with van der Waals surface area (Å²) in [7, 11) is -3.24. The van der Waals surface area contributed by atoms with Gasteiger partial charge in [0.1, 0.15) is 5.82 Å². The molecule has 2 N–H and O–H groups in total. The van der Waals surface area contributed by atoms with Gasteiger partial charge in [-0.15, -0.1) is 0 Å². The fourth-order valence-electron chi connectivity index (χ4n) is 3.38. The first kappa shape index (κ1) is 26.9. The largest absolute Gasteiger partial charge is 0.472 e. The highest BCUT2D eigenvalue weighted by molar-refractivity contribution is 7.91. The third-order valence-electron chi connectivity index (χ3n) is 5.35. The SMILES string of the molecule is Cc1cccc(N(Cc2ccc(C(=O)NNC(=O)C(F)(F)F)cc2F)C(=O)N2CCS(=O)(=O)CC2)c1. The molecule has 1 aliphatic heterocycles. The lowest BCUT2D eigenvalue weighted by Crippen LogP contribution is -2.49. The van der Waals surface area contributed by atoms with Gasteiger partial charge in [-0.1, -0.05) is 18.2 Å². The third-order valence-corrected chi connectivity index (χ3v) is 6.96. The fraction of sp³-hybridized carbons (Fsp3) is 0.318. The molecule has 0 radical (unpaired) electrons. The van der Waals surface area contributed by atoms with Crippen molar-refractivity contribution in [2.24, 2.45) is 0 Å². The molecule has 1 fully saturated rings. The van der Waals surface area contributed by atoms with Gasteiger partial charge >= 0.3 is 18.1 Å². The number of hydrogen-bond donors (Lipinski definition) is 2. The maximum Gasteiger partial charge on any atom is 0.472 e. The van der Waals surface area contributed by atoms with Crippen LogP contribution in [0, 0.1) is 12.7 Å². The summed E-state index contributed by atoms with van der Waals surface area (Å²) >= 11 is 0. The van der Waals surface area contributed by atoms with E-state index >= 15 is 0 Å². The topological polar surface area (TPSA) is 116 Å². The molecule has 1 heterocycles. The number of carbonyl (C=O) groups is 3. The van der Waals surface area contributed by atoms with Crippen molar-refractivity contribution in [3.05, 3.63) is 65.0 Å². The van der Waals surface area contributed by atoms with Crippen molar-refractivity contribution in [1.82, 2.24) is 15.8 Å². The Bertz CT molecular complexity index is 1270. The minimum Gasteiger partial charge on any atom is -0.322 e. The van der Waals surface area contributed by atoms with Gasteiger partial charge < -0.3 is 4.90 Å². The van der Waals surface area contributed by atoms with Crippen LogP contribution in [0.15, 0.2) is 42.5 Å². The van der Waals surface area contributed by atoms with E-state index in [1.165, 1.54) is 21.3 Å². The summed E-state index contributed by atoms with van der Waals surface area (Å²) < 4.78 is 75.1. The second-order valence-electron chi connectivity index (χ2n) is 8.06. The summed E-state index contributed by atoms with van der Waals surface area (Å²) in [5, 5.41) is 0. The number of carbonyl (C=O) groups excluding carboxylic acids is 3. The Hall–Kier alpha value is -3.68. The fourth-order valence-corrected chi connectivity index (χ4v) is 4.58. The quantitative estimate of drug-likeness (QED) is 0.465. The maximum atomic E-state index is 14.9. The second kappa shape index (κ2) is 10.5. The number of hydrogen-bond acceptors (Lipinski definition) is 5. The highest BCUT2D eigenvalue weighted by atomic mass is 32.2. The number of hydrazine groups is 1. The van der Waals surface area contributed by atoms with Gasteiger partial charge in [0.15, 0.2) is 9.84 Å². The average molecular weight is 531 g/mol. The van der Waals surface area contributed by atoms with E-state index in [4.69, 9.17) is 0 Å². The van der Waals surface area contributed by atoms with Crippen molar-refractivity contribution in [3.8, 4) is 0 Å². The standard InChI is InChI=1S/C22H22F4N4O5S/c1-14-3-2-4-17(11-14)30(21(33)29-7-9-36(34,35)10-8-29)13-16-6-5-15(12-18(16)23)19(31)27-28-20(32)22(24,25)26/h2-6,11-12H,7-10,13H2,1H3,(H,27,31)(H,28,32). The van der Waals surface area contributed by atoms with E-state index < -0.39 is 39.7 Å². The molecule has 0 saturated carbocycles. The Labute approximate surface area is 203 Å². The molecule has 2 aromatic rings. The Morgan fingerprint density at radius 3 is 2.28 bits per heavy atom. The van der Waals surface area contributed by atoms with Crippen LogP contribution >= 0.6 is 0 Å². The van der Waals surface area contributed by atoms with E-state index in [-0.39, 0.29) is 42.3 Å². The first-order valence-electron chi connectivity index (χ1n) is 10.6. The smallest absolute Gasteiger partial charge is 0.322 e. The summed E-state index contributed by atoms with van der Waals surface area (Å²) in [6.45, 7) is 1.48. The number of halogens is 4. The molecule has 1 saturated heterocycles. The maximum absolute atomic E-state index is 14.9. The number of alkyl halides is 3. The van der Waals surface area contributed by atoms with Crippen molar-refractivity contribution in [3.63, 3.8) is 0 Å². The number of amides is 4. The monoisotopic (exact) mass is 530 g/mol. The van der Waals surface area contributed by atoms with Crippen LogP contribution in [-0.4, -0.2) is 61.9 Å². The molecule has 0 bridgehead atoms. The van der Waals surface area contributed by atoms with Crippen LogP contribution in [0.25, 0.3) is 0 Å². The number of nitrogens with zero attached hydrogens (tertiary/aromatic N) is 2. The molecule has 4 amide bonds. The van der Waals surface area contributed by atoms with E-state index in [2.05, 4.69) is 0 Å². The van der Waals surface area contributed by atoms with Gasteiger partial charge in [0, 0.05) is 29.9 Å². The van der Waals surface area contributed by atoms with Gasteiger partial charge in [0.25, 0.3) is 5.91 Å². The normalized spacial score (nSPS) is 15.2. The first-order valence-corrected chi connectivity index (χ1v) is 12.4. The molecule has 36 heavy (non-hydrogen) atoms. The number of aryl methyl sites for hydroxylation is 1. The molecule has 194 valence electrons. The van der Waals surface area contributed by atoms with Crippen LogP contribution in [0.4, 0.5) is 28.0 Å². The number of nitrogens with one attached hydrogen (secondary N) is 2. The Morgan fingerprint density at radius 1 is 1.03 bits per heavy atom. The molecular formula is C22H22F4N4O5S. The summed E-state index contributed by atoms with van der Waals surface area (Å²) in [5.41, 5.74) is 3.61. The molecule has 2 aromatic carbocycles. The van der Waals surface area contributed by atoms with Crippen molar-refractivity contribution < 1.29 is 40.4 Å². The second-order valence-corrected chi connectivity index (χ2v) is 10.4. The Kier molecular flexibility index (Phi) is 7.86. The number of rotatable bonds is 4. The molecule has 0 atom stereocenters. The van der Waals surface area contributed by atoms with Gasteiger partial charge in [-0.05, 0) is 36.8 Å². The Balaban J connectivity index is 1.80. The molecule has 9 nitrogen and oxygen atoms in total. The van der Waals surface area contributed by atoms with E-state index in [0.717, 1.165) is 17.7 Å². The minimum atomic E-state index is -5.22. The van der Waals surface area contributed by atoms with E-state index in [0.29, 0.717) is 5.69 Å². The summed E-state index contributed by atoms with van der Waals surface area (Å²) in [5.74, 6) is -4.88. The van der Waals surface area contributed by atoms with Crippen LogP contribution in [0.2, 0.25) is 0 Å². The predicted molar refractivity (Wildman–Crippen MR) is 121 cm³/mol. The zero-order chi connectivity index (χ0) is 26.7. The van der Waals surface area contributed by atoms with E-state index in [1.54, 1.807) is 36.6 Å². The van der Waals surface area contributed by atoms with Crippen molar-refractivity contribution >= 4 is 33.4 Å². The number of benzene rings is 2. The molecule has 3 rings (SSSR count).